The van der Waals surface area contributed by atoms with Gasteiger partial charge in [-0.25, -0.2) is 8.78 Å². The zero-order valence-electron chi connectivity index (χ0n) is 37.9. The average Bonchev–Trinajstić information content (AvgIpc) is 3.99. The molecule has 326 valence electrons. The maximum absolute atomic E-state index is 14.4. The lowest BCUT2D eigenvalue weighted by Gasteiger charge is -2.26. The molecule has 0 radical (unpaired) electrons. The molecule has 0 atom stereocenters. The van der Waals surface area contributed by atoms with Crippen molar-refractivity contribution in [1.82, 2.24) is 4.40 Å². The summed E-state index contributed by atoms with van der Waals surface area (Å²) < 4.78 is 37.9. The van der Waals surface area contributed by atoms with E-state index >= 15 is 0 Å². The number of anilines is 6. The Labute approximate surface area is 391 Å². The minimum Gasteiger partial charge on any atom is -0.456 e. The second kappa shape index (κ2) is 15.0. The topological polar surface area (TPSA) is 24.0 Å². The van der Waals surface area contributed by atoms with Crippen LogP contribution < -0.4 is 9.80 Å². The number of aromatic nitrogens is 1. The van der Waals surface area contributed by atoms with Crippen molar-refractivity contribution in [3.63, 3.8) is 0 Å². The predicted molar refractivity (Wildman–Crippen MR) is 280 cm³/mol. The van der Waals surface area contributed by atoms with E-state index in [1.165, 1.54) is 45.9 Å². The van der Waals surface area contributed by atoms with Gasteiger partial charge in [0.2, 0.25) is 0 Å². The van der Waals surface area contributed by atoms with Crippen molar-refractivity contribution in [3.8, 4) is 11.1 Å². The van der Waals surface area contributed by atoms with Crippen molar-refractivity contribution in [2.75, 3.05) is 9.80 Å². The summed E-state index contributed by atoms with van der Waals surface area (Å²) in [4.78, 5) is 4.39. The zero-order chi connectivity index (χ0) is 45.9. The fraction of sp³-hybridized carbons (Fsp3) is 0.0645. The van der Waals surface area contributed by atoms with E-state index in [1.807, 2.05) is 24.3 Å². The Kier molecular flexibility index (Phi) is 8.80. The van der Waals surface area contributed by atoms with E-state index in [9.17, 15) is 8.78 Å². The lowest BCUT2D eigenvalue weighted by Crippen LogP contribution is -2.10. The first-order valence-corrected chi connectivity index (χ1v) is 23.0. The molecule has 3 heterocycles. The lowest BCUT2D eigenvalue weighted by atomic mass is 9.96. The van der Waals surface area contributed by atoms with Crippen LogP contribution in [0, 0.1) is 39.3 Å². The minimum atomic E-state index is -0.278. The SMILES string of the molecule is Cc1cc(C)cc(N(c2ccc(F)cc2)c2ccc3c(c2)oc2ccc4c(ccc5c4c4cc(-c6ccccc6)cc6c7ccc(N(c8ccc(F)cc8)c8cc(C)cc(C)c8)cc7n5c64)c23)c1. The van der Waals surface area contributed by atoms with Crippen molar-refractivity contribution in [1.29, 1.82) is 0 Å². The van der Waals surface area contributed by atoms with Crippen LogP contribution in [0.2, 0.25) is 0 Å². The van der Waals surface area contributed by atoms with Crippen molar-refractivity contribution < 1.29 is 13.2 Å². The van der Waals surface area contributed by atoms with Crippen molar-refractivity contribution in [2.45, 2.75) is 27.7 Å². The number of benzene rings is 10. The van der Waals surface area contributed by atoms with Gasteiger partial charge in [-0.05, 0) is 199 Å². The highest BCUT2D eigenvalue weighted by Gasteiger charge is 2.24. The summed E-state index contributed by atoms with van der Waals surface area (Å²) in [6.45, 7) is 8.43. The number of hydrogen-bond donors (Lipinski definition) is 0. The van der Waals surface area contributed by atoms with Crippen LogP contribution in [0.15, 0.2) is 192 Å². The van der Waals surface area contributed by atoms with Gasteiger partial charge in [0, 0.05) is 72.5 Å². The number of nitrogens with zero attached hydrogens (tertiary/aromatic N) is 3. The molecule has 0 fully saturated rings. The summed E-state index contributed by atoms with van der Waals surface area (Å²) in [6, 6.07) is 63.8. The van der Waals surface area contributed by atoms with E-state index in [0.29, 0.717) is 0 Å². The molecule has 0 saturated carbocycles. The Morgan fingerprint density at radius 3 is 1.49 bits per heavy atom. The Morgan fingerprint density at radius 2 is 0.868 bits per heavy atom. The van der Waals surface area contributed by atoms with E-state index in [0.717, 1.165) is 117 Å². The molecule has 3 aromatic heterocycles. The zero-order valence-corrected chi connectivity index (χ0v) is 37.9. The highest BCUT2D eigenvalue weighted by molar-refractivity contribution is 6.33. The Hall–Kier alpha value is -8.48. The predicted octanol–water partition coefficient (Wildman–Crippen LogP) is 18.0. The number of hydrogen-bond acceptors (Lipinski definition) is 3. The van der Waals surface area contributed by atoms with E-state index < -0.39 is 0 Å². The molecule has 0 aliphatic carbocycles. The first-order chi connectivity index (χ1) is 33.1. The summed E-state index contributed by atoms with van der Waals surface area (Å²) in [5.74, 6) is -0.548. The van der Waals surface area contributed by atoms with Gasteiger partial charge in [-0.3, -0.25) is 0 Å². The quantitative estimate of drug-likeness (QED) is 0.159. The Morgan fingerprint density at radius 1 is 0.353 bits per heavy atom. The van der Waals surface area contributed by atoms with Crippen LogP contribution >= 0.6 is 0 Å². The summed E-state index contributed by atoms with van der Waals surface area (Å²) in [6.07, 6.45) is 0. The largest absolute Gasteiger partial charge is 0.456 e. The number of furan rings is 1. The van der Waals surface area contributed by atoms with Crippen molar-refractivity contribution in [3.05, 3.63) is 222 Å². The molecule has 4 nitrogen and oxygen atoms in total. The summed E-state index contributed by atoms with van der Waals surface area (Å²) >= 11 is 0. The number of aryl methyl sites for hydroxylation is 4. The normalized spacial score (nSPS) is 12.0. The number of rotatable bonds is 7. The first kappa shape index (κ1) is 39.8. The number of fused-ring (bicyclic) bond motifs is 12. The van der Waals surface area contributed by atoms with Gasteiger partial charge >= 0.3 is 0 Å². The van der Waals surface area contributed by atoms with E-state index in [-0.39, 0.29) is 11.6 Å². The van der Waals surface area contributed by atoms with Crippen LogP contribution in [0.25, 0.3) is 81.9 Å². The molecule has 13 rings (SSSR count). The molecule has 0 spiro atoms. The minimum absolute atomic E-state index is 0.270. The van der Waals surface area contributed by atoms with Gasteiger partial charge in [0.05, 0.1) is 16.6 Å². The third kappa shape index (κ3) is 6.25. The third-order valence-electron chi connectivity index (χ3n) is 13.7. The van der Waals surface area contributed by atoms with E-state index in [4.69, 9.17) is 4.42 Å². The molecular formula is C62H43F2N3O. The van der Waals surface area contributed by atoms with Gasteiger partial charge in [-0.1, -0.05) is 54.6 Å². The maximum Gasteiger partial charge on any atom is 0.137 e. The molecule has 0 aliphatic heterocycles. The van der Waals surface area contributed by atoms with Crippen LogP contribution in [-0.4, -0.2) is 4.40 Å². The maximum atomic E-state index is 14.4. The molecule has 0 amide bonds. The van der Waals surface area contributed by atoms with Crippen LogP contribution in [0.4, 0.5) is 42.9 Å². The fourth-order valence-corrected chi connectivity index (χ4v) is 11.0. The molecule has 0 aliphatic rings. The van der Waals surface area contributed by atoms with Crippen molar-refractivity contribution >= 4 is 105 Å². The Balaban J connectivity index is 1.05. The summed E-state index contributed by atoms with van der Waals surface area (Å²) in [7, 11) is 0. The molecular weight excluding hydrogens is 841 g/mol. The molecule has 0 saturated heterocycles. The van der Waals surface area contributed by atoms with Crippen LogP contribution in [0.3, 0.4) is 0 Å². The molecule has 68 heavy (non-hydrogen) atoms. The van der Waals surface area contributed by atoms with Gasteiger partial charge in [0.1, 0.15) is 22.8 Å². The van der Waals surface area contributed by atoms with Gasteiger partial charge in [-0.15, -0.1) is 0 Å². The molecule has 0 N–H and O–H groups in total. The Bertz CT molecular complexity index is 4110. The molecule has 6 heteroatoms. The summed E-state index contributed by atoms with van der Waals surface area (Å²) in [5, 5.41) is 9.06. The molecule has 0 bridgehead atoms. The smallest absolute Gasteiger partial charge is 0.137 e. The molecule has 10 aromatic carbocycles. The van der Waals surface area contributed by atoms with Gasteiger partial charge in [-0.2, -0.15) is 0 Å². The number of halogens is 2. The van der Waals surface area contributed by atoms with Crippen LogP contribution in [-0.2, 0) is 0 Å². The first-order valence-electron chi connectivity index (χ1n) is 23.0. The average molecular weight is 884 g/mol. The van der Waals surface area contributed by atoms with Gasteiger partial charge in [0.15, 0.2) is 0 Å². The van der Waals surface area contributed by atoms with Crippen molar-refractivity contribution in [2.24, 2.45) is 0 Å². The van der Waals surface area contributed by atoms with E-state index in [2.05, 4.69) is 181 Å². The van der Waals surface area contributed by atoms with Gasteiger partial charge in [0.25, 0.3) is 0 Å². The molecule has 13 aromatic rings. The summed E-state index contributed by atoms with van der Waals surface area (Å²) in [5.41, 5.74) is 17.5. The molecule has 0 unspecified atom stereocenters. The fourth-order valence-electron chi connectivity index (χ4n) is 11.0. The monoisotopic (exact) mass is 883 g/mol. The lowest BCUT2D eigenvalue weighted by molar-refractivity contribution is 0.627. The second-order valence-corrected chi connectivity index (χ2v) is 18.4. The highest BCUT2D eigenvalue weighted by atomic mass is 19.1. The standard InChI is InChI=1S/C62H43F2N3O/c1-36-26-37(2)29-48(28-36)65(44-14-10-42(63)11-15-44)46-18-20-50-54-32-41(40-8-6-5-7-9-40)33-55-60-51-23-25-58-61(52(51)22-24-56(60)67(62(54)55)57(50)34-46)53-21-19-47(35-59(53)68-58)66(45-16-12-43(64)13-17-45)49-30-38(3)27-39(4)31-49/h5-35H,1-4H3. The highest BCUT2D eigenvalue weighted by Crippen LogP contribution is 2.48. The third-order valence-corrected chi connectivity index (χ3v) is 13.7. The van der Waals surface area contributed by atoms with Crippen LogP contribution in [0.5, 0.6) is 0 Å². The van der Waals surface area contributed by atoms with Gasteiger partial charge < -0.3 is 18.6 Å². The van der Waals surface area contributed by atoms with E-state index in [1.54, 1.807) is 0 Å². The second-order valence-electron chi connectivity index (χ2n) is 18.4. The van der Waals surface area contributed by atoms with Crippen LogP contribution in [0.1, 0.15) is 22.3 Å².